The van der Waals surface area contributed by atoms with Gasteiger partial charge in [0.1, 0.15) is 5.75 Å². The van der Waals surface area contributed by atoms with Gasteiger partial charge < -0.3 is 4.74 Å². The summed E-state index contributed by atoms with van der Waals surface area (Å²) < 4.78 is 6.80. The highest BCUT2D eigenvalue weighted by molar-refractivity contribution is 9.10. The summed E-state index contributed by atoms with van der Waals surface area (Å²) in [6, 6.07) is 10.4. The SMILES string of the molecule is CC1CCCC(C#N)(CCOc2ccc(Br)cc2)C1. The molecule has 2 atom stereocenters. The van der Waals surface area contributed by atoms with Gasteiger partial charge in [0.15, 0.2) is 0 Å². The van der Waals surface area contributed by atoms with Gasteiger partial charge in [0, 0.05) is 10.9 Å². The number of hydrogen-bond donors (Lipinski definition) is 0. The van der Waals surface area contributed by atoms with Crippen molar-refractivity contribution in [2.75, 3.05) is 6.61 Å². The zero-order chi connectivity index (χ0) is 13.7. The van der Waals surface area contributed by atoms with Crippen molar-refractivity contribution < 1.29 is 4.74 Å². The molecule has 0 amide bonds. The molecule has 1 aromatic rings. The third kappa shape index (κ3) is 3.98. The molecule has 1 saturated carbocycles. The summed E-state index contributed by atoms with van der Waals surface area (Å²) in [5.74, 6) is 1.54. The number of halogens is 1. The zero-order valence-corrected chi connectivity index (χ0v) is 12.9. The van der Waals surface area contributed by atoms with Crippen LogP contribution in [0.4, 0.5) is 0 Å². The fourth-order valence-electron chi connectivity index (χ4n) is 2.94. The van der Waals surface area contributed by atoms with Crippen LogP contribution >= 0.6 is 15.9 Å². The summed E-state index contributed by atoms with van der Waals surface area (Å²) in [5, 5.41) is 9.48. The zero-order valence-electron chi connectivity index (χ0n) is 11.4. The number of ether oxygens (including phenoxy) is 1. The maximum Gasteiger partial charge on any atom is 0.119 e. The molecular formula is C16H20BrNO. The van der Waals surface area contributed by atoms with E-state index in [1.165, 1.54) is 12.8 Å². The highest BCUT2D eigenvalue weighted by atomic mass is 79.9. The van der Waals surface area contributed by atoms with Crippen LogP contribution in [0.1, 0.15) is 39.0 Å². The van der Waals surface area contributed by atoms with E-state index in [4.69, 9.17) is 4.74 Å². The van der Waals surface area contributed by atoms with Crippen LogP contribution in [0, 0.1) is 22.7 Å². The Morgan fingerprint density at radius 1 is 1.42 bits per heavy atom. The summed E-state index contributed by atoms with van der Waals surface area (Å²) in [6.07, 6.45) is 5.32. The predicted octanol–water partition coefficient (Wildman–Crippen LogP) is 4.94. The van der Waals surface area contributed by atoms with E-state index in [9.17, 15) is 5.26 Å². The van der Waals surface area contributed by atoms with Crippen molar-refractivity contribution in [2.45, 2.75) is 39.0 Å². The minimum Gasteiger partial charge on any atom is -0.494 e. The maximum atomic E-state index is 9.48. The lowest BCUT2D eigenvalue weighted by atomic mass is 9.69. The largest absolute Gasteiger partial charge is 0.494 e. The number of rotatable bonds is 4. The molecule has 0 bridgehead atoms. The van der Waals surface area contributed by atoms with Crippen LogP contribution in [-0.2, 0) is 0 Å². The molecule has 19 heavy (non-hydrogen) atoms. The average Bonchev–Trinajstić information content (AvgIpc) is 2.41. The van der Waals surface area contributed by atoms with Gasteiger partial charge in [-0.1, -0.05) is 35.7 Å². The fraction of sp³-hybridized carbons (Fsp3) is 0.562. The van der Waals surface area contributed by atoms with Crippen LogP contribution in [0.2, 0.25) is 0 Å². The summed E-state index contributed by atoms with van der Waals surface area (Å²) >= 11 is 3.40. The molecule has 0 heterocycles. The highest BCUT2D eigenvalue weighted by Gasteiger charge is 2.34. The monoisotopic (exact) mass is 321 g/mol. The van der Waals surface area contributed by atoms with Gasteiger partial charge in [0.05, 0.1) is 18.1 Å². The first-order valence-corrected chi connectivity index (χ1v) is 7.72. The molecule has 0 N–H and O–H groups in total. The Bertz CT molecular complexity index is 451. The molecule has 102 valence electrons. The Kier molecular flexibility index (Phi) is 4.87. The standard InChI is InChI=1S/C16H20BrNO/c1-13-3-2-8-16(11-13,12-18)9-10-19-15-6-4-14(17)5-7-15/h4-7,13H,2-3,8-11H2,1H3. The Hall–Kier alpha value is -1.01. The topological polar surface area (TPSA) is 33.0 Å². The van der Waals surface area contributed by atoms with Crippen molar-refractivity contribution in [1.29, 1.82) is 5.26 Å². The van der Waals surface area contributed by atoms with Crippen molar-refractivity contribution >= 4 is 15.9 Å². The molecular weight excluding hydrogens is 302 g/mol. The molecule has 0 aromatic heterocycles. The van der Waals surface area contributed by atoms with Crippen molar-refractivity contribution in [3.05, 3.63) is 28.7 Å². The Balaban J connectivity index is 1.87. The van der Waals surface area contributed by atoms with Gasteiger partial charge >= 0.3 is 0 Å². The van der Waals surface area contributed by atoms with Gasteiger partial charge in [-0.25, -0.2) is 0 Å². The van der Waals surface area contributed by atoms with E-state index in [1.807, 2.05) is 24.3 Å². The van der Waals surface area contributed by atoms with E-state index in [2.05, 4.69) is 28.9 Å². The molecule has 1 fully saturated rings. The summed E-state index contributed by atoms with van der Waals surface area (Å²) in [5.41, 5.74) is -0.160. The highest BCUT2D eigenvalue weighted by Crippen LogP contribution is 2.41. The third-order valence-electron chi connectivity index (χ3n) is 3.99. The second kappa shape index (κ2) is 6.43. The van der Waals surface area contributed by atoms with Crippen LogP contribution in [0.3, 0.4) is 0 Å². The quantitative estimate of drug-likeness (QED) is 0.787. The van der Waals surface area contributed by atoms with Gasteiger partial charge in [-0.2, -0.15) is 5.26 Å². The minimum atomic E-state index is -0.160. The molecule has 1 aliphatic rings. The lowest BCUT2D eigenvalue weighted by Crippen LogP contribution is -2.28. The molecule has 2 rings (SSSR count). The van der Waals surface area contributed by atoms with Gasteiger partial charge in [0.2, 0.25) is 0 Å². The Morgan fingerprint density at radius 2 is 2.16 bits per heavy atom. The lowest BCUT2D eigenvalue weighted by molar-refractivity contribution is 0.162. The first kappa shape index (κ1) is 14.4. The molecule has 0 spiro atoms. The van der Waals surface area contributed by atoms with E-state index in [0.717, 1.165) is 29.5 Å². The summed E-state index contributed by atoms with van der Waals surface area (Å²) in [4.78, 5) is 0. The molecule has 2 nitrogen and oxygen atoms in total. The van der Waals surface area contributed by atoms with Crippen LogP contribution in [0.15, 0.2) is 28.7 Å². The Morgan fingerprint density at radius 3 is 2.79 bits per heavy atom. The summed E-state index contributed by atoms with van der Waals surface area (Å²) in [6.45, 7) is 2.88. The van der Waals surface area contributed by atoms with E-state index in [-0.39, 0.29) is 5.41 Å². The molecule has 0 aliphatic heterocycles. The van der Waals surface area contributed by atoms with E-state index in [0.29, 0.717) is 12.5 Å². The normalized spacial score (nSPS) is 26.7. The lowest BCUT2D eigenvalue weighted by Gasteiger charge is -2.34. The number of hydrogen-bond acceptors (Lipinski definition) is 2. The second-order valence-electron chi connectivity index (χ2n) is 5.65. The van der Waals surface area contributed by atoms with E-state index < -0.39 is 0 Å². The first-order valence-electron chi connectivity index (χ1n) is 6.93. The van der Waals surface area contributed by atoms with Gasteiger partial charge in [0.25, 0.3) is 0 Å². The van der Waals surface area contributed by atoms with Gasteiger partial charge in [-0.15, -0.1) is 0 Å². The van der Waals surface area contributed by atoms with Crippen LogP contribution in [0.25, 0.3) is 0 Å². The smallest absolute Gasteiger partial charge is 0.119 e. The van der Waals surface area contributed by atoms with Crippen molar-refractivity contribution in [3.8, 4) is 11.8 Å². The fourth-order valence-corrected chi connectivity index (χ4v) is 3.20. The Labute approximate surface area is 123 Å². The number of benzene rings is 1. The second-order valence-corrected chi connectivity index (χ2v) is 6.56. The van der Waals surface area contributed by atoms with Crippen LogP contribution < -0.4 is 4.74 Å². The van der Waals surface area contributed by atoms with E-state index in [1.54, 1.807) is 0 Å². The van der Waals surface area contributed by atoms with Crippen LogP contribution in [-0.4, -0.2) is 6.61 Å². The van der Waals surface area contributed by atoms with Gasteiger partial charge in [-0.05, 0) is 43.0 Å². The molecule has 2 unspecified atom stereocenters. The average molecular weight is 322 g/mol. The van der Waals surface area contributed by atoms with Crippen LogP contribution in [0.5, 0.6) is 5.75 Å². The maximum absolute atomic E-state index is 9.48. The minimum absolute atomic E-state index is 0.160. The number of nitrogens with zero attached hydrogens (tertiary/aromatic N) is 1. The molecule has 0 saturated heterocycles. The molecule has 1 aromatic carbocycles. The molecule has 0 radical (unpaired) electrons. The third-order valence-corrected chi connectivity index (χ3v) is 4.52. The van der Waals surface area contributed by atoms with E-state index >= 15 is 0 Å². The molecule has 1 aliphatic carbocycles. The predicted molar refractivity (Wildman–Crippen MR) is 79.9 cm³/mol. The first-order chi connectivity index (χ1) is 9.13. The van der Waals surface area contributed by atoms with Gasteiger partial charge in [-0.3, -0.25) is 0 Å². The van der Waals surface area contributed by atoms with Crippen molar-refractivity contribution in [3.63, 3.8) is 0 Å². The van der Waals surface area contributed by atoms with Crippen molar-refractivity contribution in [1.82, 2.24) is 0 Å². The van der Waals surface area contributed by atoms with Crippen molar-refractivity contribution in [2.24, 2.45) is 11.3 Å². The number of nitriles is 1. The summed E-state index contributed by atoms with van der Waals surface area (Å²) in [7, 11) is 0. The molecule has 3 heteroatoms.